The molecule has 2 rings (SSSR count). The molecule has 29 heavy (non-hydrogen) atoms. The topological polar surface area (TPSA) is 96.9 Å². The quantitative estimate of drug-likeness (QED) is 0.286. The van der Waals surface area contributed by atoms with Crippen molar-refractivity contribution in [3.05, 3.63) is 47.7 Å². The van der Waals surface area contributed by atoms with Gasteiger partial charge in [-0.15, -0.1) is 24.0 Å². The van der Waals surface area contributed by atoms with Gasteiger partial charge in [-0.25, -0.2) is 4.98 Å². The first-order chi connectivity index (χ1) is 13.5. The predicted octanol–water partition coefficient (Wildman–Crippen LogP) is 2.72. The first kappa shape index (κ1) is 24.5. The number of hydrogen-bond donors (Lipinski definition) is 3. The molecule has 2 aromatic rings. The van der Waals surface area contributed by atoms with E-state index in [4.69, 9.17) is 9.47 Å². The number of pyridine rings is 1. The van der Waals surface area contributed by atoms with Gasteiger partial charge in [0, 0.05) is 32.3 Å². The number of methoxy groups -OCH3 is 2. The Balaban J connectivity index is 0.00000420. The highest BCUT2D eigenvalue weighted by Crippen LogP contribution is 2.27. The minimum absolute atomic E-state index is 0. The van der Waals surface area contributed by atoms with Gasteiger partial charge in [-0.05, 0) is 36.8 Å². The molecule has 8 nitrogen and oxygen atoms in total. The first-order valence-corrected chi connectivity index (χ1v) is 8.94. The number of rotatable bonds is 8. The van der Waals surface area contributed by atoms with Gasteiger partial charge in [0.05, 0.1) is 14.2 Å². The number of carbonyl (C=O) groups is 1. The van der Waals surface area contributed by atoms with Gasteiger partial charge in [0.15, 0.2) is 17.5 Å². The number of amides is 1. The molecule has 0 saturated heterocycles. The van der Waals surface area contributed by atoms with Crippen molar-refractivity contribution in [1.29, 1.82) is 0 Å². The Morgan fingerprint density at radius 3 is 2.52 bits per heavy atom. The Morgan fingerprint density at radius 2 is 1.86 bits per heavy atom. The van der Waals surface area contributed by atoms with Crippen molar-refractivity contribution in [3.8, 4) is 11.5 Å². The maximum Gasteiger partial charge on any atom is 0.227 e. The molecule has 0 radical (unpaired) electrons. The van der Waals surface area contributed by atoms with Crippen LogP contribution in [-0.4, -0.2) is 44.7 Å². The molecular formula is C20H28IN5O3. The molecule has 9 heteroatoms. The average Bonchev–Trinajstić information content (AvgIpc) is 2.70. The Hall–Kier alpha value is -2.56. The fourth-order valence-corrected chi connectivity index (χ4v) is 2.51. The van der Waals surface area contributed by atoms with Gasteiger partial charge >= 0.3 is 0 Å². The highest BCUT2D eigenvalue weighted by molar-refractivity contribution is 14.0. The van der Waals surface area contributed by atoms with Crippen LogP contribution < -0.4 is 25.4 Å². The van der Waals surface area contributed by atoms with Crippen LogP contribution in [0.3, 0.4) is 0 Å². The van der Waals surface area contributed by atoms with Crippen LogP contribution in [0, 0.1) is 6.92 Å². The number of nitrogens with one attached hydrogen (secondary N) is 3. The van der Waals surface area contributed by atoms with E-state index < -0.39 is 0 Å². The van der Waals surface area contributed by atoms with Gasteiger partial charge < -0.3 is 25.4 Å². The monoisotopic (exact) mass is 513 g/mol. The number of hydrogen-bond acceptors (Lipinski definition) is 5. The molecule has 1 amide bonds. The zero-order chi connectivity index (χ0) is 20.4. The van der Waals surface area contributed by atoms with Gasteiger partial charge in [0.25, 0.3) is 0 Å². The average molecular weight is 513 g/mol. The number of benzene rings is 1. The standard InChI is InChI=1S/C20H27N5O3.HI/c1-14-6-5-7-18(24-14)25-19(26)10-11-22-20(21-2)23-13-15-8-9-16(27-3)17(12-15)28-4;/h5-9,12H,10-11,13H2,1-4H3,(H2,21,22,23)(H,24,25,26);1H. The third kappa shape index (κ3) is 8.14. The highest BCUT2D eigenvalue weighted by atomic mass is 127. The number of anilines is 1. The number of guanidine groups is 1. The lowest BCUT2D eigenvalue weighted by Crippen LogP contribution is -2.38. The van der Waals surface area contributed by atoms with Gasteiger partial charge in [0.1, 0.15) is 5.82 Å². The van der Waals surface area contributed by atoms with Crippen molar-refractivity contribution in [2.45, 2.75) is 19.9 Å². The summed E-state index contributed by atoms with van der Waals surface area (Å²) in [5, 5.41) is 9.10. The number of halogens is 1. The number of aryl methyl sites for hydroxylation is 1. The summed E-state index contributed by atoms with van der Waals surface area (Å²) in [5.41, 5.74) is 1.87. The largest absolute Gasteiger partial charge is 0.493 e. The maximum atomic E-state index is 12.0. The van der Waals surface area contributed by atoms with Crippen LogP contribution in [0.25, 0.3) is 0 Å². The SMILES string of the molecule is CN=C(NCCC(=O)Nc1cccc(C)n1)NCc1ccc(OC)c(OC)c1.I. The van der Waals surface area contributed by atoms with E-state index >= 15 is 0 Å². The Bertz CT molecular complexity index is 830. The van der Waals surface area contributed by atoms with Crippen LogP contribution in [0.1, 0.15) is 17.7 Å². The lowest BCUT2D eigenvalue weighted by Gasteiger charge is -2.13. The lowest BCUT2D eigenvalue weighted by molar-refractivity contribution is -0.116. The molecule has 0 aliphatic heterocycles. The third-order valence-electron chi connectivity index (χ3n) is 3.93. The Morgan fingerprint density at radius 1 is 1.10 bits per heavy atom. The summed E-state index contributed by atoms with van der Waals surface area (Å²) >= 11 is 0. The molecule has 0 unspecified atom stereocenters. The number of carbonyl (C=O) groups excluding carboxylic acids is 1. The van der Waals surface area contributed by atoms with E-state index in [1.54, 1.807) is 27.3 Å². The molecule has 0 aliphatic rings. The van der Waals surface area contributed by atoms with Gasteiger partial charge in [-0.2, -0.15) is 0 Å². The minimum Gasteiger partial charge on any atom is -0.493 e. The summed E-state index contributed by atoms with van der Waals surface area (Å²) in [4.78, 5) is 20.4. The van der Waals surface area contributed by atoms with Crippen molar-refractivity contribution in [2.75, 3.05) is 33.1 Å². The van der Waals surface area contributed by atoms with Crippen LogP contribution in [0.2, 0.25) is 0 Å². The molecule has 0 atom stereocenters. The molecule has 1 heterocycles. The summed E-state index contributed by atoms with van der Waals surface area (Å²) in [5.74, 6) is 2.41. The second-order valence-electron chi connectivity index (χ2n) is 6.00. The van der Waals surface area contributed by atoms with Crippen molar-refractivity contribution in [3.63, 3.8) is 0 Å². The summed E-state index contributed by atoms with van der Waals surface area (Å²) in [7, 11) is 4.89. The van der Waals surface area contributed by atoms with Crippen LogP contribution in [0.4, 0.5) is 5.82 Å². The van der Waals surface area contributed by atoms with Crippen molar-refractivity contribution >= 4 is 41.7 Å². The van der Waals surface area contributed by atoms with E-state index in [0.29, 0.717) is 42.8 Å². The minimum atomic E-state index is -0.110. The third-order valence-corrected chi connectivity index (χ3v) is 3.93. The molecule has 0 saturated carbocycles. The summed E-state index contributed by atoms with van der Waals surface area (Å²) in [6.45, 7) is 2.88. The molecule has 0 aliphatic carbocycles. The van der Waals surface area contributed by atoms with E-state index in [-0.39, 0.29) is 29.9 Å². The summed E-state index contributed by atoms with van der Waals surface area (Å²) < 4.78 is 10.5. The van der Waals surface area contributed by atoms with Gasteiger partial charge in [-0.3, -0.25) is 9.79 Å². The number of aliphatic imine (C=N–C) groups is 1. The van der Waals surface area contributed by atoms with Crippen LogP contribution in [0.5, 0.6) is 11.5 Å². The molecule has 0 spiro atoms. The Kier molecular flexibility index (Phi) is 10.8. The molecule has 1 aromatic carbocycles. The van der Waals surface area contributed by atoms with Crippen LogP contribution >= 0.6 is 24.0 Å². The number of nitrogens with zero attached hydrogens (tertiary/aromatic N) is 2. The number of ether oxygens (including phenoxy) is 2. The van der Waals surface area contributed by atoms with E-state index in [0.717, 1.165) is 11.3 Å². The normalized spacial score (nSPS) is 10.6. The zero-order valence-electron chi connectivity index (χ0n) is 17.1. The molecule has 158 valence electrons. The van der Waals surface area contributed by atoms with Gasteiger partial charge in [-0.1, -0.05) is 12.1 Å². The van der Waals surface area contributed by atoms with E-state index in [2.05, 4.69) is 25.9 Å². The predicted molar refractivity (Wildman–Crippen MR) is 125 cm³/mol. The smallest absolute Gasteiger partial charge is 0.227 e. The highest BCUT2D eigenvalue weighted by Gasteiger charge is 2.07. The van der Waals surface area contributed by atoms with Gasteiger partial charge in [0.2, 0.25) is 5.91 Å². The molecule has 1 aromatic heterocycles. The molecule has 3 N–H and O–H groups in total. The molecule has 0 bridgehead atoms. The second-order valence-corrected chi connectivity index (χ2v) is 6.00. The van der Waals surface area contributed by atoms with Crippen LogP contribution in [-0.2, 0) is 11.3 Å². The fraction of sp³-hybridized carbons (Fsp3) is 0.350. The van der Waals surface area contributed by atoms with E-state index in [9.17, 15) is 4.79 Å². The van der Waals surface area contributed by atoms with Crippen molar-refractivity contribution in [1.82, 2.24) is 15.6 Å². The molecule has 0 fully saturated rings. The second kappa shape index (κ2) is 12.8. The van der Waals surface area contributed by atoms with Crippen molar-refractivity contribution < 1.29 is 14.3 Å². The lowest BCUT2D eigenvalue weighted by atomic mass is 10.2. The van der Waals surface area contributed by atoms with Crippen molar-refractivity contribution in [2.24, 2.45) is 4.99 Å². The van der Waals surface area contributed by atoms with E-state index in [1.165, 1.54) is 0 Å². The maximum absolute atomic E-state index is 12.0. The summed E-state index contributed by atoms with van der Waals surface area (Å²) in [6.07, 6.45) is 0.298. The summed E-state index contributed by atoms with van der Waals surface area (Å²) in [6, 6.07) is 11.2. The van der Waals surface area contributed by atoms with Crippen LogP contribution in [0.15, 0.2) is 41.4 Å². The fourth-order valence-electron chi connectivity index (χ4n) is 2.51. The zero-order valence-corrected chi connectivity index (χ0v) is 19.4. The Labute approximate surface area is 188 Å². The van der Waals surface area contributed by atoms with E-state index in [1.807, 2.05) is 37.3 Å². The molecular weight excluding hydrogens is 485 g/mol. The number of aromatic nitrogens is 1. The first-order valence-electron chi connectivity index (χ1n) is 8.94.